The van der Waals surface area contributed by atoms with Crippen LogP contribution < -0.4 is 0 Å². The van der Waals surface area contributed by atoms with Crippen LogP contribution in [0, 0.1) is 5.41 Å². The number of hydrogen-bond donors (Lipinski definition) is 0. The number of esters is 1. The van der Waals surface area contributed by atoms with Gasteiger partial charge in [0.05, 0.1) is 38.4 Å². The normalized spacial score (nSPS) is 19.8. The number of nitrogens with zero attached hydrogens (tertiary/aromatic N) is 1. The van der Waals surface area contributed by atoms with Gasteiger partial charge in [0.2, 0.25) is 0 Å². The standard InChI is InChI=1S/C55H107NO9/c1-7-11-15-19-23-27-31-39-58-43-49(60-41-33-29-25-21-17-13-9-3)45-62-51-47-63-52(48-65-54(57)55(5)35-37-56(6)38-36-55)53(51)64-46-50(61-42-34-30-26-22-18-14-10-4)44-59-40-32-28-24-20-16-12-8-2/h49-53H,7-48H2,1-6H3/t49?,50?,51-,52+,53+/m0/s1. The summed E-state index contributed by atoms with van der Waals surface area (Å²) >= 11 is 0. The maximum absolute atomic E-state index is 13.6. The molecule has 0 N–H and O–H groups in total. The predicted octanol–water partition coefficient (Wildman–Crippen LogP) is 13.2. The Labute approximate surface area is 401 Å². The number of hydrogen-bond acceptors (Lipinski definition) is 10. The average Bonchev–Trinajstić information content (AvgIpc) is 3.70. The van der Waals surface area contributed by atoms with Gasteiger partial charge < -0.3 is 42.8 Å². The molecule has 2 aliphatic rings. The van der Waals surface area contributed by atoms with Crippen molar-refractivity contribution >= 4 is 5.97 Å². The van der Waals surface area contributed by atoms with E-state index >= 15 is 0 Å². The van der Waals surface area contributed by atoms with E-state index in [0.717, 1.165) is 64.8 Å². The lowest BCUT2D eigenvalue weighted by atomic mass is 9.80. The smallest absolute Gasteiger partial charge is 0.311 e. The molecule has 0 saturated carbocycles. The lowest BCUT2D eigenvalue weighted by Crippen LogP contribution is -2.44. The summed E-state index contributed by atoms with van der Waals surface area (Å²) < 4.78 is 51.4. The molecular formula is C55H107NO9. The minimum atomic E-state index is -0.492. The molecule has 10 nitrogen and oxygen atoms in total. The molecule has 0 amide bonds. The molecule has 0 aromatic rings. The zero-order valence-corrected chi connectivity index (χ0v) is 43.7. The van der Waals surface area contributed by atoms with Gasteiger partial charge in [-0.25, -0.2) is 0 Å². The van der Waals surface area contributed by atoms with E-state index in [0.29, 0.717) is 46.2 Å². The molecule has 0 aromatic heterocycles. The van der Waals surface area contributed by atoms with Crippen LogP contribution in [0.15, 0.2) is 0 Å². The van der Waals surface area contributed by atoms with Gasteiger partial charge in [0.25, 0.3) is 0 Å². The van der Waals surface area contributed by atoms with Crippen molar-refractivity contribution in [1.82, 2.24) is 4.90 Å². The quantitative estimate of drug-likeness (QED) is 0.0434. The summed E-state index contributed by atoms with van der Waals surface area (Å²) in [6.45, 7) is 18.0. The van der Waals surface area contributed by atoms with Crippen molar-refractivity contribution in [1.29, 1.82) is 0 Å². The van der Waals surface area contributed by atoms with Crippen LogP contribution >= 0.6 is 0 Å². The molecule has 386 valence electrons. The van der Waals surface area contributed by atoms with Crippen LogP contribution in [0.3, 0.4) is 0 Å². The van der Waals surface area contributed by atoms with Gasteiger partial charge in [-0.15, -0.1) is 0 Å². The van der Waals surface area contributed by atoms with Crippen molar-refractivity contribution in [2.75, 3.05) is 86.2 Å². The van der Waals surface area contributed by atoms with Crippen molar-refractivity contribution in [2.24, 2.45) is 5.41 Å². The van der Waals surface area contributed by atoms with Gasteiger partial charge in [-0.3, -0.25) is 4.79 Å². The van der Waals surface area contributed by atoms with Crippen molar-refractivity contribution in [3.05, 3.63) is 0 Å². The number of unbranched alkanes of at least 4 members (excludes halogenated alkanes) is 24. The molecule has 2 fully saturated rings. The monoisotopic (exact) mass is 926 g/mol. The molecular weight excluding hydrogens is 819 g/mol. The second-order valence-corrected chi connectivity index (χ2v) is 20.1. The minimum Gasteiger partial charge on any atom is -0.462 e. The van der Waals surface area contributed by atoms with E-state index in [9.17, 15) is 4.79 Å². The number of ether oxygens (including phenoxy) is 8. The van der Waals surface area contributed by atoms with E-state index < -0.39 is 17.6 Å². The molecule has 0 spiro atoms. The van der Waals surface area contributed by atoms with Crippen molar-refractivity contribution < 1.29 is 42.7 Å². The summed E-state index contributed by atoms with van der Waals surface area (Å²) in [6.07, 6.45) is 34.9. The fourth-order valence-corrected chi connectivity index (χ4v) is 8.90. The fourth-order valence-electron chi connectivity index (χ4n) is 8.90. The van der Waals surface area contributed by atoms with E-state index in [-0.39, 0.29) is 30.9 Å². The van der Waals surface area contributed by atoms with E-state index in [1.54, 1.807) is 0 Å². The molecule has 0 aliphatic carbocycles. The van der Waals surface area contributed by atoms with Crippen LogP contribution in [0.1, 0.15) is 227 Å². The van der Waals surface area contributed by atoms with Crippen LogP contribution in [0.25, 0.3) is 0 Å². The Morgan fingerprint density at radius 3 is 1.35 bits per heavy atom. The third-order valence-corrected chi connectivity index (χ3v) is 13.7. The summed E-state index contributed by atoms with van der Waals surface area (Å²) in [4.78, 5) is 15.8. The number of piperidine rings is 1. The number of rotatable bonds is 47. The predicted molar refractivity (Wildman–Crippen MR) is 268 cm³/mol. The molecule has 0 radical (unpaired) electrons. The van der Waals surface area contributed by atoms with Crippen molar-refractivity contribution in [3.63, 3.8) is 0 Å². The highest BCUT2D eigenvalue weighted by molar-refractivity contribution is 5.76. The van der Waals surface area contributed by atoms with E-state index in [1.807, 2.05) is 6.92 Å². The molecule has 65 heavy (non-hydrogen) atoms. The van der Waals surface area contributed by atoms with Gasteiger partial charge in [0.1, 0.15) is 37.1 Å². The van der Waals surface area contributed by atoms with Gasteiger partial charge in [-0.1, -0.05) is 182 Å². The molecule has 2 heterocycles. The van der Waals surface area contributed by atoms with E-state index in [4.69, 9.17) is 37.9 Å². The molecule has 10 heteroatoms. The first kappa shape index (κ1) is 60.3. The summed E-state index contributed by atoms with van der Waals surface area (Å²) in [5.41, 5.74) is -0.492. The van der Waals surface area contributed by atoms with Crippen LogP contribution in [0.5, 0.6) is 0 Å². The molecule has 0 aromatic carbocycles. The van der Waals surface area contributed by atoms with Gasteiger partial charge in [-0.05, 0) is 65.6 Å². The summed E-state index contributed by atoms with van der Waals surface area (Å²) in [5.74, 6) is -0.149. The van der Waals surface area contributed by atoms with Crippen molar-refractivity contribution in [3.8, 4) is 0 Å². The number of carbonyl (C=O) groups is 1. The van der Waals surface area contributed by atoms with Gasteiger partial charge >= 0.3 is 5.97 Å². The first-order valence-electron chi connectivity index (χ1n) is 28.0. The summed E-state index contributed by atoms with van der Waals surface area (Å²) in [5, 5.41) is 0. The minimum absolute atomic E-state index is 0.132. The maximum atomic E-state index is 13.6. The Hall–Kier alpha value is -0.850. The number of carbonyl (C=O) groups excluding carboxylic acids is 1. The molecule has 0 bridgehead atoms. The Bertz CT molecular complexity index is 1040. The van der Waals surface area contributed by atoms with Gasteiger partial charge in [0.15, 0.2) is 0 Å². The lowest BCUT2D eigenvalue weighted by molar-refractivity contribution is -0.165. The Morgan fingerprint density at radius 2 is 0.923 bits per heavy atom. The topological polar surface area (TPSA) is 94.2 Å². The lowest BCUT2D eigenvalue weighted by Gasteiger charge is -2.36. The van der Waals surface area contributed by atoms with Crippen LogP contribution in [0.4, 0.5) is 0 Å². The second kappa shape index (κ2) is 42.1. The first-order valence-corrected chi connectivity index (χ1v) is 28.0. The van der Waals surface area contributed by atoms with Crippen LogP contribution in [-0.4, -0.2) is 128 Å². The highest BCUT2D eigenvalue weighted by Gasteiger charge is 2.43. The first-order chi connectivity index (χ1) is 31.9. The molecule has 2 rings (SSSR count). The summed E-state index contributed by atoms with van der Waals surface area (Å²) in [6, 6.07) is 0. The third-order valence-electron chi connectivity index (χ3n) is 13.7. The Morgan fingerprint density at radius 1 is 0.538 bits per heavy atom. The fraction of sp³-hybridized carbons (Fsp3) is 0.982. The molecule has 2 aliphatic heterocycles. The van der Waals surface area contributed by atoms with Gasteiger partial charge in [-0.2, -0.15) is 0 Å². The largest absolute Gasteiger partial charge is 0.462 e. The number of likely N-dealkylation sites (tertiary alicyclic amines) is 1. The molecule has 5 atom stereocenters. The van der Waals surface area contributed by atoms with Crippen LogP contribution in [0.2, 0.25) is 0 Å². The Balaban J connectivity index is 2.08. The maximum Gasteiger partial charge on any atom is 0.311 e. The highest BCUT2D eigenvalue weighted by Crippen LogP contribution is 2.32. The van der Waals surface area contributed by atoms with E-state index in [1.165, 1.54) is 154 Å². The molecule has 2 unspecified atom stereocenters. The highest BCUT2D eigenvalue weighted by atomic mass is 16.6. The third kappa shape index (κ3) is 31.1. The van der Waals surface area contributed by atoms with Crippen LogP contribution in [-0.2, 0) is 42.7 Å². The van der Waals surface area contributed by atoms with E-state index in [2.05, 4.69) is 39.6 Å². The van der Waals surface area contributed by atoms with Crippen molar-refractivity contribution in [2.45, 2.75) is 258 Å². The zero-order valence-electron chi connectivity index (χ0n) is 43.7. The average molecular weight is 926 g/mol. The molecule has 2 saturated heterocycles. The second-order valence-electron chi connectivity index (χ2n) is 20.1. The SMILES string of the molecule is CCCCCCCCCOCC(CO[C@@H]1[C@@H](OCC(COCCCCCCCCC)OCCCCCCCCC)CO[C@@H]1COC(=O)C1(C)CCN(C)CC1)OCCCCCCCCC. The van der Waals surface area contributed by atoms with Gasteiger partial charge in [0, 0.05) is 26.4 Å². The zero-order chi connectivity index (χ0) is 46.9. The summed E-state index contributed by atoms with van der Waals surface area (Å²) in [7, 11) is 2.11. The Kier molecular flexibility index (Phi) is 39.0.